The van der Waals surface area contributed by atoms with E-state index in [-0.39, 0.29) is 17.6 Å². The second kappa shape index (κ2) is 7.06. The third-order valence-corrected chi connectivity index (χ3v) is 5.29. The number of ether oxygens (including phenoxy) is 1. The molecule has 4 heterocycles. The minimum Gasteiger partial charge on any atom is -0.468 e. The molecule has 134 valence electrons. The van der Waals surface area contributed by atoms with Crippen LogP contribution >= 0.6 is 0 Å². The predicted molar refractivity (Wildman–Crippen MR) is 90.6 cm³/mol. The van der Waals surface area contributed by atoms with Gasteiger partial charge in [-0.3, -0.25) is 9.69 Å². The normalized spacial score (nSPS) is 23.1. The number of rotatable bonds is 5. The molecule has 4 rings (SSSR count). The van der Waals surface area contributed by atoms with E-state index >= 15 is 0 Å². The van der Waals surface area contributed by atoms with Crippen molar-refractivity contribution < 1.29 is 18.4 Å². The Morgan fingerprint density at radius 2 is 1.84 bits per heavy atom. The van der Waals surface area contributed by atoms with Crippen molar-refractivity contribution >= 4 is 5.91 Å². The third-order valence-electron chi connectivity index (χ3n) is 5.29. The summed E-state index contributed by atoms with van der Waals surface area (Å²) in [4.78, 5) is 14.7. The number of nitrogens with one attached hydrogen (secondary N) is 1. The Morgan fingerprint density at radius 3 is 2.52 bits per heavy atom. The lowest BCUT2D eigenvalue weighted by molar-refractivity contribution is -0.141. The van der Waals surface area contributed by atoms with E-state index < -0.39 is 0 Å². The molecule has 2 aliphatic heterocycles. The summed E-state index contributed by atoms with van der Waals surface area (Å²) in [6.07, 6.45) is 6.67. The summed E-state index contributed by atoms with van der Waals surface area (Å²) in [5.74, 6) is 1.72. The standard InChI is InChI=1S/C19H24N2O4/c22-18(20-13-15-3-1-11-23-15)17-5-6-19(25-17)7-9-21(10-8-19)14-16-4-2-12-24-16/h1-4,11-12,17H,5-10,13-14H2,(H,20,22). The molecular formula is C19H24N2O4. The van der Waals surface area contributed by atoms with Gasteiger partial charge < -0.3 is 18.9 Å². The number of furan rings is 2. The van der Waals surface area contributed by atoms with Gasteiger partial charge in [0.1, 0.15) is 17.6 Å². The summed E-state index contributed by atoms with van der Waals surface area (Å²) in [6.45, 7) is 3.20. The molecule has 0 aromatic carbocycles. The molecule has 2 aliphatic rings. The topological polar surface area (TPSA) is 67.9 Å². The lowest BCUT2D eigenvalue weighted by Crippen LogP contribution is -2.45. The molecule has 2 saturated heterocycles. The molecule has 1 atom stereocenters. The van der Waals surface area contributed by atoms with Crippen molar-refractivity contribution in [2.75, 3.05) is 13.1 Å². The lowest BCUT2D eigenvalue weighted by Gasteiger charge is -2.38. The van der Waals surface area contributed by atoms with Gasteiger partial charge in [-0.2, -0.15) is 0 Å². The van der Waals surface area contributed by atoms with Gasteiger partial charge in [0.05, 0.1) is 31.2 Å². The summed E-state index contributed by atoms with van der Waals surface area (Å²) < 4.78 is 16.9. The maximum atomic E-state index is 12.3. The van der Waals surface area contributed by atoms with Crippen LogP contribution in [-0.4, -0.2) is 35.6 Å². The molecule has 25 heavy (non-hydrogen) atoms. The first-order valence-corrected chi connectivity index (χ1v) is 8.95. The molecule has 0 bridgehead atoms. The van der Waals surface area contributed by atoms with E-state index in [1.54, 1.807) is 12.5 Å². The third kappa shape index (κ3) is 3.80. The summed E-state index contributed by atoms with van der Waals surface area (Å²) >= 11 is 0. The molecule has 0 saturated carbocycles. The van der Waals surface area contributed by atoms with Crippen LogP contribution in [0.15, 0.2) is 45.6 Å². The highest BCUT2D eigenvalue weighted by atomic mass is 16.5. The maximum absolute atomic E-state index is 12.3. The largest absolute Gasteiger partial charge is 0.468 e. The quantitative estimate of drug-likeness (QED) is 0.903. The molecular weight excluding hydrogens is 320 g/mol. The Balaban J connectivity index is 1.25. The van der Waals surface area contributed by atoms with Crippen LogP contribution in [0.4, 0.5) is 0 Å². The zero-order chi connectivity index (χ0) is 17.1. The zero-order valence-corrected chi connectivity index (χ0v) is 14.3. The molecule has 1 unspecified atom stereocenters. The van der Waals surface area contributed by atoms with Gasteiger partial charge in [-0.15, -0.1) is 0 Å². The highest BCUT2D eigenvalue weighted by Crippen LogP contribution is 2.39. The number of carbonyl (C=O) groups is 1. The van der Waals surface area contributed by atoms with Gasteiger partial charge in [0.2, 0.25) is 5.91 Å². The Bertz CT molecular complexity index is 672. The van der Waals surface area contributed by atoms with Crippen molar-refractivity contribution in [3.05, 3.63) is 48.3 Å². The van der Waals surface area contributed by atoms with Crippen molar-refractivity contribution in [3.63, 3.8) is 0 Å². The Morgan fingerprint density at radius 1 is 1.12 bits per heavy atom. The summed E-state index contributed by atoms with van der Waals surface area (Å²) in [6, 6.07) is 7.60. The maximum Gasteiger partial charge on any atom is 0.249 e. The van der Waals surface area contributed by atoms with E-state index in [9.17, 15) is 4.79 Å². The van der Waals surface area contributed by atoms with Crippen molar-refractivity contribution in [1.29, 1.82) is 0 Å². The fraction of sp³-hybridized carbons (Fsp3) is 0.526. The first kappa shape index (κ1) is 16.4. The molecule has 0 radical (unpaired) electrons. The van der Waals surface area contributed by atoms with Gasteiger partial charge >= 0.3 is 0 Å². The van der Waals surface area contributed by atoms with Gasteiger partial charge in [0, 0.05) is 13.1 Å². The van der Waals surface area contributed by atoms with Gasteiger partial charge in [0.25, 0.3) is 0 Å². The van der Waals surface area contributed by atoms with E-state index in [4.69, 9.17) is 13.6 Å². The monoisotopic (exact) mass is 344 g/mol. The van der Waals surface area contributed by atoms with Gasteiger partial charge in [-0.1, -0.05) is 0 Å². The number of hydrogen-bond acceptors (Lipinski definition) is 5. The SMILES string of the molecule is O=C(NCc1ccco1)C1CCC2(CCN(Cc3ccco3)CC2)O1. The van der Waals surface area contributed by atoms with Crippen molar-refractivity contribution in [2.45, 2.75) is 50.5 Å². The minimum absolute atomic E-state index is 0.0358. The van der Waals surface area contributed by atoms with Gasteiger partial charge in [0.15, 0.2) is 0 Å². The number of piperidine rings is 1. The Hall–Kier alpha value is -2.05. The molecule has 1 spiro atoms. The van der Waals surface area contributed by atoms with Crippen molar-refractivity contribution in [3.8, 4) is 0 Å². The average Bonchev–Trinajstić information content (AvgIpc) is 3.37. The number of likely N-dealkylation sites (tertiary alicyclic amines) is 1. The first-order chi connectivity index (χ1) is 12.2. The minimum atomic E-state index is -0.341. The van der Waals surface area contributed by atoms with Gasteiger partial charge in [-0.25, -0.2) is 0 Å². The van der Waals surface area contributed by atoms with Crippen LogP contribution in [0.5, 0.6) is 0 Å². The van der Waals surface area contributed by atoms with Crippen molar-refractivity contribution in [2.24, 2.45) is 0 Å². The summed E-state index contributed by atoms with van der Waals surface area (Å²) in [5, 5.41) is 2.91. The Labute approximate surface area is 147 Å². The lowest BCUT2D eigenvalue weighted by atomic mass is 9.88. The smallest absolute Gasteiger partial charge is 0.249 e. The second-order valence-corrected chi connectivity index (χ2v) is 6.98. The number of hydrogen-bond donors (Lipinski definition) is 1. The Kier molecular flexibility index (Phi) is 4.63. The molecule has 1 N–H and O–H groups in total. The van der Waals surface area contributed by atoms with Gasteiger partial charge in [-0.05, 0) is 49.9 Å². The van der Waals surface area contributed by atoms with Crippen LogP contribution in [0.2, 0.25) is 0 Å². The van der Waals surface area contributed by atoms with Crippen LogP contribution in [0.25, 0.3) is 0 Å². The summed E-state index contributed by atoms with van der Waals surface area (Å²) in [7, 11) is 0. The van der Waals surface area contributed by atoms with E-state index in [0.29, 0.717) is 6.54 Å². The average molecular weight is 344 g/mol. The zero-order valence-electron chi connectivity index (χ0n) is 14.3. The van der Waals surface area contributed by atoms with E-state index in [2.05, 4.69) is 10.2 Å². The number of nitrogens with zero attached hydrogens (tertiary/aromatic N) is 1. The molecule has 2 aromatic heterocycles. The molecule has 1 amide bonds. The van der Waals surface area contributed by atoms with Crippen LogP contribution in [-0.2, 0) is 22.6 Å². The number of amides is 1. The van der Waals surface area contributed by atoms with E-state index in [0.717, 1.165) is 56.8 Å². The molecule has 6 heteroatoms. The number of carbonyl (C=O) groups excluding carboxylic acids is 1. The highest BCUT2D eigenvalue weighted by Gasteiger charge is 2.44. The van der Waals surface area contributed by atoms with Crippen LogP contribution in [0.3, 0.4) is 0 Å². The summed E-state index contributed by atoms with van der Waals surface area (Å²) in [5.41, 5.74) is -0.133. The first-order valence-electron chi connectivity index (χ1n) is 8.95. The predicted octanol–water partition coefficient (Wildman–Crippen LogP) is 2.70. The fourth-order valence-electron chi connectivity index (χ4n) is 3.81. The van der Waals surface area contributed by atoms with Crippen LogP contribution in [0, 0.1) is 0 Å². The molecule has 6 nitrogen and oxygen atoms in total. The fourth-order valence-corrected chi connectivity index (χ4v) is 3.81. The van der Waals surface area contributed by atoms with Crippen LogP contribution < -0.4 is 5.32 Å². The second-order valence-electron chi connectivity index (χ2n) is 6.98. The van der Waals surface area contributed by atoms with E-state index in [1.165, 1.54) is 0 Å². The molecule has 0 aliphatic carbocycles. The van der Waals surface area contributed by atoms with E-state index in [1.807, 2.05) is 24.3 Å². The van der Waals surface area contributed by atoms with Crippen LogP contribution in [0.1, 0.15) is 37.2 Å². The molecule has 2 aromatic rings. The molecule has 2 fully saturated rings. The highest BCUT2D eigenvalue weighted by molar-refractivity contribution is 5.81. The van der Waals surface area contributed by atoms with Crippen molar-refractivity contribution in [1.82, 2.24) is 10.2 Å².